The van der Waals surface area contributed by atoms with Crippen LogP contribution in [0, 0.1) is 12.7 Å². The molecule has 0 unspecified atom stereocenters. The number of nitrogens with two attached hydrogens (primary N) is 1. The molecule has 0 spiro atoms. The summed E-state index contributed by atoms with van der Waals surface area (Å²) in [6.07, 6.45) is 0. The van der Waals surface area contributed by atoms with E-state index in [0.29, 0.717) is 0 Å². The number of hydrogen-bond donors (Lipinski definition) is 1. The molecule has 0 saturated heterocycles. The Morgan fingerprint density at radius 2 is 1.67 bits per heavy atom. The van der Waals surface area contributed by atoms with Crippen LogP contribution in [0.1, 0.15) is 19.4 Å². The van der Waals surface area contributed by atoms with Crippen molar-refractivity contribution in [1.29, 1.82) is 0 Å². The molecule has 12 heavy (non-hydrogen) atoms. The highest BCUT2D eigenvalue weighted by Gasteiger charge is 1.84. The fourth-order valence-electron chi connectivity index (χ4n) is 0.606. The second-order valence-electron chi connectivity index (χ2n) is 1.80. The average Bonchev–Trinajstić information content (AvgIpc) is 2.11. The van der Waals surface area contributed by atoms with E-state index < -0.39 is 0 Å². The van der Waals surface area contributed by atoms with Gasteiger partial charge in [-0.2, -0.15) is 0 Å². The Kier molecular flexibility index (Phi) is 11.5. The van der Waals surface area contributed by atoms with Crippen LogP contribution in [0.5, 0.6) is 0 Å². The highest BCUT2D eigenvalue weighted by molar-refractivity contribution is 5.13. The molecule has 0 aliphatic carbocycles. The van der Waals surface area contributed by atoms with E-state index in [-0.39, 0.29) is 5.82 Å². The molecule has 1 nitrogen and oxygen atoms in total. The van der Waals surface area contributed by atoms with E-state index in [2.05, 4.69) is 5.73 Å². The minimum Gasteiger partial charge on any atom is -0.333 e. The third-order valence-electron chi connectivity index (χ3n) is 0.980. The van der Waals surface area contributed by atoms with E-state index in [1.54, 1.807) is 6.07 Å². The predicted octanol–water partition coefficient (Wildman–Crippen LogP) is 2.74. The quantitative estimate of drug-likeness (QED) is 0.638. The lowest BCUT2D eigenvalue weighted by atomic mass is 10.2. The van der Waals surface area contributed by atoms with Gasteiger partial charge < -0.3 is 5.73 Å². The van der Waals surface area contributed by atoms with Crippen molar-refractivity contribution in [2.45, 2.75) is 20.8 Å². The van der Waals surface area contributed by atoms with Crippen molar-refractivity contribution in [2.75, 3.05) is 7.05 Å². The summed E-state index contributed by atoms with van der Waals surface area (Å²) in [4.78, 5) is 0. The van der Waals surface area contributed by atoms with Crippen molar-refractivity contribution in [1.82, 2.24) is 0 Å². The van der Waals surface area contributed by atoms with Crippen molar-refractivity contribution >= 4 is 0 Å². The van der Waals surface area contributed by atoms with Gasteiger partial charge in [0, 0.05) is 0 Å². The van der Waals surface area contributed by atoms with Crippen molar-refractivity contribution < 1.29 is 4.39 Å². The third-order valence-corrected chi connectivity index (χ3v) is 0.980. The average molecular weight is 171 g/mol. The van der Waals surface area contributed by atoms with Crippen molar-refractivity contribution in [3.05, 3.63) is 35.6 Å². The second-order valence-corrected chi connectivity index (χ2v) is 1.80. The van der Waals surface area contributed by atoms with Crippen LogP contribution in [0.4, 0.5) is 4.39 Å². The molecule has 0 bridgehead atoms. The van der Waals surface area contributed by atoms with E-state index in [1.165, 1.54) is 19.2 Å². The van der Waals surface area contributed by atoms with Gasteiger partial charge in [-0.05, 0) is 31.7 Å². The third kappa shape index (κ3) is 7.22. The monoisotopic (exact) mass is 171 g/mol. The molecule has 0 amide bonds. The largest absolute Gasteiger partial charge is 0.333 e. The Bertz CT molecular complexity index is 170. The molecule has 0 heterocycles. The van der Waals surface area contributed by atoms with Gasteiger partial charge >= 0.3 is 0 Å². The zero-order valence-electron chi connectivity index (χ0n) is 8.26. The first-order valence-electron chi connectivity index (χ1n) is 4.09. The van der Waals surface area contributed by atoms with Gasteiger partial charge in [-0.3, -0.25) is 0 Å². The summed E-state index contributed by atoms with van der Waals surface area (Å²) in [5, 5.41) is 0. The molecule has 0 atom stereocenters. The Labute approximate surface area is 74.4 Å². The van der Waals surface area contributed by atoms with Crippen LogP contribution in [-0.4, -0.2) is 7.05 Å². The van der Waals surface area contributed by atoms with Crippen LogP contribution in [0.15, 0.2) is 24.3 Å². The maximum atomic E-state index is 12.2. The number of halogens is 1. The summed E-state index contributed by atoms with van der Waals surface area (Å²) in [5.41, 5.74) is 5.46. The maximum absolute atomic E-state index is 12.2. The van der Waals surface area contributed by atoms with Crippen LogP contribution in [0.25, 0.3) is 0 Å². The Morgan fingerprint density at radius 3 is 1.92 bits per heavy atom. The lowest BCUT2D eigenvalue weighted by Gasteiger charge is -1.87. The van der Waals surface area contributed by atoms with Crippen LogP contribution < -0.4 is 5.73 Å². The lowest BCUT2D eigenvalue weighted by molar-refractivity contribution is 0.626. The van der Waals surface area contributed by atoms with E-state index in [9.17, 15) is 4.39 Å². The molecule has 2 heteroatoms. The number of rotatable bonds is 0. The fraction of sp³-hybridized carbons (Fsp3) is 0.400. The summed E-state index contributed by atoms with van der Waals surface area (Å²) in [6.45, 7) is 5.86. The standard InChI is InChI=1S/C7H7F.C2H6.CH5N/c1-6-3-2-4-7(8)5-6;2*1-2/h2-5H,1H3;1-2H3;2H2,1H3. The van der Waals surface area contributed by atoms with Gasteiger partial charge in [0.15, 0.2) is 0 Å². The molecule has 0 aromatic heterocycles. The van der Waals surface area contributed by atoms with Gasteiger partial charge in [0.2, 0.25) is 0 Å². The molecule has 1 rings (SSSR count). The Hall–Kier alpha value is -0.890. The summed E-state index contributed by atoms with van der Waals surface area (Å²) < 4.78 is 12.2. The van der Waals surface area contributed by atoms with Crippen LogP contribution in [0.3, 0.4) is 0 Å². The first kappa shape index (κ1) is 13.7. The maximum Gasteiger partial charge on any atom is 0.123 e. The molecule has 0 aliphatic heterocycles. The van der Waals surface area contributed by atoms with Crippen LogP contribution in [0.2, 0.25) is 0 Å². The predicted molar refractivity (Wildman–Crippen MR) is 52.6 cm³/mol. The summed E-state index contributed by atoms with van der Waals surface area (Å²) in [7, 11) is 1.50. The summed E-state index contributed by atoms with van der Waals surface area (Å²) >= 11 is 0. The fourth-order valence-corrected chi connectivity index (χ4v) is 0.606. The Morgan fingerprint density at radius 1 is 1.17 bits per heavy atom. The van der Waals surface area contributed by atoms with Gasteiger partial charge in [-0.25, -0.2) is 4.39 Å². The van der Waals surface area contributed by atoms with Crippen molar-refractivity contribution in [3.8, 4) is 0 Å². The number of aryl methyl sites for hydroxylation is 1. The van der Waals surface area contributed by atoms with E-state index >= 15 is 0 Å². The topological polar surface area (TPSA) is 26.0 Å². The minimum absolute atomic E-state index is 0.162. The van der Waals surface area contributed by atoms with Crippen molar-refractivity contribution in [3.63, 3.8) is 0 Å². The van der Waals surface area contributed by atoms with Gasteiger partial charge in [-0.15, -0.1) is 0 Å². The molecule has 1 aromatic rings. The molecule has 1 aromatic carbocycles. The first-order chi connectivity index (χ1) is 5.79. The minimum atomic E-state index is -0.162. The molecule has 0 saturated carbocycles. The summed E-state index contributed by atoms with van der Waals surface area (Å²) in [5.74, 6) is -0.162. The molecular weight excluding hydrogens is 153 g/mol. The first-order valence-corrected chi connectivity index (χ1v) is 4.09. The smallest absolute Gasteiger partial charge is 0.123 e. The molecular formula is C10H18FN. The molecule has 70 valence electrons. The lowest BCUT2D eigenvalue weighted by Crippen LogP contribution is -1.72. The van der Waals surface area contributed by atoms with Crippen LogP contribution >= 0.6 is 0 Å². The SMILES string of the molecule is CC.CN.Cc1cccc(F)c1. The van der Waals surface area contributed by atoms with Gasteiger partial charge in [0.25, 0.3) is 0 Å². The highest BCUT2D eigenvalue weighted by atomic mass is 19.1. The van der Waals surface area contributed by atoms with Gasteiger partial charge in [0.05, 0.1) is 0 Å². The zero-order chi connectivity index (χ0) is 9.98. The van der Waals surface area contributed by atoms with E-state index in [0.717, 1.165) is 5.56 Å². The zero-order valence-corrected chi connectivity index (χ0v) is 8.26. The second kappa shape index (κ2) is 10.1. The highest BCUT2D eigenvalue weighted by Crippen LogP contribution is 1.99. The molecule has 0 fully saturated rings. The van der Waals surface area contributed by atoms with Crippen LogP contribution in [-0.2, 0) is 0 Å². The van der Waals surface area contributed by atoms with Gasteiger partial charge in [0.1, 0.15) is 5.82 Å². The van der Waals surface area contributed by atoms with E-state index in [1.807, 2.05) is 26.8 Å². The molecule has 2 N–H and O–H groups in total. The number of benzene rings is 1. The van der Waals surface area contributed by atoms with Gasteiger partial charge in [-0.1, -0.05) is 26.0 Å². The van der Waals surface area contributed by atoms with E-state index in [4.69, 9.17) is 0 Å². The molecule has 0 aliphatic rings. The summed E-state index contributed by atoms with van der Waals surface area (Å²) in [6, 6.07) is 6.50. The van der Waals surface area contributed by atoms with Crippen molar-refractivity contribution in [2.24, 2.45) is 5.73 Å². The normalized spacial score (nSPS) is 7.17. The Balaban J connectivity index is 0. The molecule has 0 radical (unpaired) electrons. The number of hydrogen-bond acceptors (Lipinski definition) is 1.